The molecule has 0 saturated carbocycles. The number of benzene rings is 2. The summed E-state index contributed by atoms with van der Waals surface area (Å²) in [6, 6.07) is 16.7. The maximum absolute atomic E-state index is 11.8. The quantitative estimate of drug-likeness (QED) is 0.828. The number of carbonyl (C=O) groups is 1. The summed E-state index contributed by atoms with van der Waals surface area (Å²) in [5.41, 5.74) is 1.65. The van der Waals surface area contributed by atoms with Crippen molar-refractivity contribution in [3.05, 3.63) is 65.2 Å². The van der Waals surface area contributed by atoms with Crippen molar-refractivity contribution in [2.45, 2.75) is 19.0 Å². The minimum atomic E-state index is -0.600. The summed E-state index contributed by atoms with van der Waals surface area (Å²) in [6.45, 7) is 1.27. The van der Waals surface area contributed by atoms with E-state index in [2.05, 4.69) is 5.32 Å². The zero-order valence-corrected chi connectivity index (χ0v) is 14.9. The lowest BCUT2D eigenvalue weighted by Gasteiger charge is -2.29. The molecule has 1 saturated heterocycles. The zero-order valence-electron chi connectivity index (χ0n) is 14.1. The fraction of sp³-hybridized carbons (Fsp3) is 0.316. The smallest absolute Gasteiger partial charge is 0.411 e. The van der Waals surface area contributed by atoms with E-state index in [0.29, 0.717) is 30.5 Å². The third kappa shape index (κ3) is 6.00. The highest BCUT2D eigenvalue weighted by molar-refractivity contribution is 6.30. The Labute approximate surface area is 157 Å². The van der Waals surface area contributed by atoms with Gasteiger partial charge >= 0.3 is 6.09 Å². The lowest BCUT2D eigenvalue weighted by molar-refractivity contribution is -0.238. The van der Waals surface area contributed by atoms with Crippen molar-refractivity contribution < 1.29 is 23.7 Å². The molecule has 0 aliphatic carbocycles. The maximum atomic E-state index is 11.8. The van der Waals surface area contributed by atoms with Gasteiger partial charge < -0.3 is 18.9 Å². The summed E-state index contributed by atoms with van der Waals surface area (Å²) in [5, 5.41) is 3.12. The average Bonchev–Trinajstić information content (AvgIpc) is 2.66. The lowest BCUT2D eigenvalue weighted by Crippen LogP contribution is -2.40. The van der Waals surface area contributed by atoms with E-state index in [4.69, 9.17) is 30.5 Å². The maximum Gasteiger partial charge on any atom is 0.411 e. The van der Waals surface area contributed by atoms with E-state index in [0.717, 1.165) is 5.56 Å². The molecule has 138 valence electrons. The van der Waals surface area contributed by atoms with Crippen molar-refractivity contribution in [2.75, 3.05) is 25.1 Å². The van der Waals surface area contributed by atoms with Gasteiger partial charge in [0, 0.05) is 10.7 Å². The van der Waals surface area contributed by atoms with Crippen LogP contribution in [0.3, 0.4) is 0 Å². The van der Waals surface area contributed by atoms with Crippen LogP contribution in [0.25, 0.3) is 0 Å². The number of amides is 1. The summed E-state index contributed by atoms with van der Waals surface area (Å²) < 4.78 is 21.9. The minimum Gasteiger partial charge on any atom is -0.444 e. The van der Waals surface area contributed by atoms with Gasteiger partial charge in [0.25, 0.3) is 0 Å². The molecule has 1 aliphatic heterocycles. The molecule has 0 radical (unpaired) electrons. The highest BCUT2D eigenvalue weighted by atomic mass is 35.5. The Morgan fingerprint density at radius 3 is 2.62 bits per heavy atom. The van der Waals surface area contributed by atoms with Crippen LogP contribution in [0.5, 0.6) is 0 Å². The molecule has 3 rings (SSSR count). The molecule has 0 bridgehead atoms. The van der Waals surface area contributed by atoms with E-state index >= 15 is 0 Å². The van der Waals surface area contributed by atoms with Crippen LogP contribution in [0.1, 0.15) is 5.56 Å². The first-order chi connectivity index (χ1) is 12.7. The van der Waals surface area contributed by atoms with Crippen molar-refractivity contribution in [3.8, 4) is 0 Å². The highest BCUT2D eigenvalue weighted by Gasteiger charge is 2.24. The largest absolute Gasteiger partial charge is 0.444 e. The van der Waals surface area contributed by atoms with Crippen LogP contribution in [0.2, 0.25) is 5.02 Å². The Kier molecular flexibility index (Phi) is 6.85. The highest BCUT2D eigenvalue weighted by Crippen LogP contribution is 2.15. The van der Waals surface area contributed by atoms with E-state index in [1.165, 1.54) is 0 Å². The number of halogens is 1. The van der Waals surface area contributed by atoms with Crippen molar-refractivity contribution in [3.63, 3.8) is 0 Å². The molecule has 7 heteroatoms. The minimum absolute atomic E-state index is 0.00218. The Bertz CT molecular complexity index is 704. The zero-order chi connectivity index (χ0) is 18.2. The standard InChI is InChI=1S/C19H20ClNO5/c20-15-7-4-8-16(9-15)21-19(22)26-13-18-24-11-17(12-25-18)23-10-14-5-2-1-3-6-14/h1-9,17-18H,10-13H2,(H,21,22). The first-order valence-electron chi connectivity index (χ1n) is 8.27. The number of hydrogen-bond donors (Lipinski definition) is 1. The van der Waals surface area contributed by atoms with Gasteiger partial charge in [-0.3, -0.25) is 5.32 Å². The number of ether oxygens (including phenoxy) is 4. The Balaban J connectivity index is 1.33. The fourth-order valence-corrected chi connectivity index (χ4v) is 2.56. The van der Waals surface area contributed by atoms with Crippen molar-refractivity contribution in [2.24, 2.45) is 0 Å². The predicted molar refractivity (Wildman–Crippen MR) is 97.1 cm³/mol. The van der Waals surface area contributed by atoms with E-state index in [-0.39, 0.29) is 12.7 Å². The number of carbonyl (C=O) groups excluding carboxylic acids is 1. The van der Waals surface area contributed by atoms with Gasteiger partial charge in [0.1, 0.15) is 12.7 Å². The summed E-state index contributed by atoms with van der Waals surface area (Å²) in [4.78, 5) is 11.8. The predicted octanol–water partition coefficient (Wildman–Crippen LogP) is 3.85. The second-order valence-electron chi connectivity index (χ2n) is 5.75. The Morgan fingerprint density at radius 2 is 1.88 bits per heavy atom. The molecule has 0 unspecified atom stereocenters. The van der Waals surface area contributed by atoms with Gasteiger partial charge in [-0.2, -0.15) is 0 Å². The van der Waals surface area contributed by atoms with Crippen molar-refractivity contribution in [1.82, 2.24) is 0 Å². The molecule has 2 aromatic carbocycles. The molecule has 0 aromatic heterocycles. The summed E-state index contributed by atoms with van der Waals surface area (Å²) >= 11 is 5.86. The number of anilines is 1. The second kappa shape index (κ2) is 9.54. The second-order valence-corrected chi connectivity index (χ2v) is 6.19. The van der Waals surface area contributed by atoms with Gasteiger partial charge in [-0.25, -0.2) is 4.79 Å². The third-order valence-electron chi connectivity index (χ3n) is 3.69. The van der Waals surface area contributed by atoms with Crippen LogP contribution in [-0.4, -0.2) is 38.3 Å². The Morgan fingerprint density at radius 1 is 1.12 bits per heavy atom. The molecule has 2 aromatic rings. The normalized spacial score (nSPS) is 19.7. The monoisotopic (exact) mass is 377 g/mol. The number of rotatable bonds is 6. The van der Waals surface area contributed by atoms with Crippen LogP contribution < -0.4 is 5.32 Å². The van der Waals surface area contributed by atoms with Gasteiger partial charge in [0.15, 0.2) is 6.29 Å². The SMILES string of the molecule is O=C(Nc1cccc(Cl)c1)OCC1OCC(OCc2ccccc2)CO1. The van der Waals surface area contributed by atoms with Crippen LogP contribution >= 0.6 is 11.6 Å². The number of hydrogen-bond acceptors (Lipinski definition) is 5. The topological polar surface area (TPSA) is 66.0 Å². The third-order valence-corrected chi connectivity index (χ3v) is 3.92. The van der Waals surface area contributed by atoms with Crippen LogP contribution in [0, 0.1) is 0 Å². The molecule has 0 atom stereocenters. The average molecular weight is 378 g/mol. The van der Waals surface area contributed by atoms with Gasteiger partial charge in [-0.15, -0.1) is 0 Å². The molecular weight excluding hydrogens is 358 g/mol. The fourth-order valence-electron chi connectivity index (χ4n) is 2.37. The van der Waals surface area contributed by atoms with Gasteiger partial charge in [0.05, 0.1) is 19.8 Å². The molecular formula is C19H20ClNO5. The molecule has 1 N–H and O–H groups in total. The van der Waals surface area contributed by atoms with Gasteiger partial charge in [-0.1, -0.05) is 48.0 Å². The molecule has 1 fully saturated rings. The van der Waals surface area contributed by atoms with E-state index in [9.17, 15) is 4.79 Å². The van der Waals surface area contributed by atoms with Gasteiger partial charge in [0.2, 0.25) is 0 Å². The first-order valence-corrected chi connectivity index (χ1v) is 8.65. The van der Waals surface area contributed by atoms with E-state index in [1.807, 2.05) is 30.3 Å². The van der Waals surface area contributed by atoms with E-state index < -0.39 is 12.4 Å². The van der Waals surface area contributed by atoms with E-state index in [1.54, 1.807) is 24.3 Å². The van der Waals surface area contributed by atoms with Crippen molar-refractivity contribution >= 4 is 23.4 Å². The van der Waals surface area contributed by atoms with Crippen molar-refractivity contribution in [1.29, 1.82) is 0 Å². The lowest BCUT2D eigenvalue weighted by atomic mass is 10.2. The Hall–Kier alpha value is -2.12. The molecule has 0 spiro atoms. The van der Waals surface area contributed by atoms with Crippen LogP contribution in [0.15, 0.2) is 54.6 Å². The summed E-state index contributed by atoms with van der Waals surface area (Å²) in [6.07, 6.45) is -1.34. The van der Waals surface area contributed by atoms with Gasteiger partial charge in [-0.05, 0) is 23.8 Å². The van der Waals surface area contributed by atoms with Crippen LogP contribution in [0.4, 0.5) is 10.5 Å². The summed E-state index contributed by atoms with van der Waals surface area (Å²) in [7, 11) is 0. The number of nitrogens with one attached hydrogen (secondary N) is 1. The first kappa shape index (κ1) is 18.7. The molecule has 1 heterocycles. The molecule has 6 nitrogen and oxygen atoms in total. The molecule has 26 heavy (non-hydrogen) atoms. The van der Waals surface area contributed by atoms with Crippen LogP contribution in [-0.2, 0) is 25.6 Å². The summed E-state index contributed by atoms with van der Waals surface area (Å²) in [5.74, 6) is 0. The molecule has 1 aliphatic rings. The molecule has 1 amide bonds.